The van der Waals surface area contributed by atoms with Gasteiger partial charge in [-0.1, -0.05) is 41.8 Å². The SMILES string of the molecule is CCCNC(=O)CSc1nnc(S[C@@H](C)C#N)s1. The Morgan fingerprint density at radius 1 is 1.56 bits per heavy atom. The van der Waals surface area contributed by atoms with Crippen LogP contribution in [0.15, 0.2) is 8.68 Å². The molecule has 8 heteroatoms. The second-order valence-corrected chi connectivity index (χ2v) is 7.15. The molecule has 1 amide bonds. The van der Waals surface area contributed by atoms with Crippen LogP contribution in [0.25, 0.3) is 0 Å². The number of thioether (sulfide) groups is 2. The summed E-state index contributed by atoms with van der Waals surface area (Å²) in [4.78, 5) is 11.4. The monoisotopic (exact) mass is 302 g/mol. The Bertz CT molecular complexity index is 429. The van der Waals surface area contributed by atoms with Crippen molar-refractivity contribution in [1.29, 1.82) is 5.26 Å². The summed E-state index contributed by atoms with van der Waals surface area (Å²) >= 11 is 4.17. The smallest absolute Gasteiger partial charge is 0.230 e. The molecule has 5 nitrogen and oxygen atoms in total. The summed E-state index contributed by atoms with van der Waals surface area (Å²) in [6, 6.07) is 2.13. The molecule has 0 saturated carbocycles. The van der Waals surface area contributed by atoms with Crippen molar-refractivity contribution in [2.24, 2.45) is 0 Å². The lowest BCUT2D eigenvalue weighted by Crippen LogP contribution is -2.25. The van der Waals surface area contributed by atoms with E-state index >= 15 is 0 Å². The summed E-state index contributed by atoms with van der Waals surface area (Å²) in [5.41, 5.74) is 0. The summed E-state index contributed by atoms with van der Waals surface area (Å²) in [7, 11) is 0. The van der Waals surface area contributed by atoms with Gasteiger partial charge in [-0.2, -0.15) is 5.26 Å². The molecule has 1 atom stereocenters. The Kier molecular flexibility index (Phi) is 7.08. The third-order valence-electron chi connectivity index (χ3n) is 1.75. The minimum absolute atomic E-state index is 0.0108. The van der Waals surface area contributed by atoms with Gasteiger partial charge in [0.2, 0.25) is 5.91 Å². The summed E-state index contributed by atoms with van der Waals surface area (Å²) in [6.07, 6.45) is 0.933. The van der Waals surface area contributed by atoms with Crippen molar-refractivity contribution in [3.8, 4) is 6.07 Å². The molecular weight excluding hydrogens is 288 g/mol. The first-order valence-electron chi connectivity index (χ1n) is 5.45. The Morgan fingerprint density at radius 3 is 2.94 bits per heavy atom. The molecule has 0 aromatic carbocycles. The standard InChI is InChI=1S/C10H14N4OS3/c1-3-4-12-8(15)6-16-9-13-14-10(18-9)17-7(2)5-11/h7H,3-4,6H2,1-2H3,(H,12,15)/t7-/m0/s1. The van der Waals surface area contributed by atoms with Gasteiger partial charge in [0.25, 0.3) is 0 Å². The van der Waals surface area contributed by atoms with E-state index in [0.717, 1.165) is 15.1 Å². The first-order valence-corrected chi connectivity index (χ1v) is 8.13. The molecular formula is C10H14N4OS3. The first kappa shape index (κ1) is 15.3. The molecule has 1 aromatic rings. The molecule has 0 saturated heterocycles. The topological polar surface area (TPSA) is 78.7 Å². The van der Waals surface area contributed by atoms with Crippen molar-refractivity contribution in [3.05, 3.63) is 0 Å². The third-order valence-corrected chi connectivity index (χ3v) is 4.88. The molecule has 1 heterocycles. The van der Waals surface area contributed by atoms with Crippen LogP contribution in [0.5, 0.6) is 0 Å². The van der Waals surface area contributed by atoms with Gasteiger partial charge in [-0.3, -0.25) is 4.79 Å². The van der Waals surface area contributed by atoms with E-state index in [1.165, 1.54) is 34.9 Å². The normalized spacial score (nSPS) is 11.8. The highest BCUT2D eigenvalue weighted by Gasteiger charge is 2.10. The summed E-state index contributed by atoms with van der Waals surface area (Å²) in [5, 5.41) is 19.3. The number of hydrogen-bond acceptors (Lipinski definition) is 7. The average molecular weight is 302 g/mol. The molecule has 0 aliphatic heterocycles. The number of nitriles is 1. The van der Waals surface area contributed by atoms with Gasteiger partial charge in [0, 0.05) is 6.54 Å². The van der Waals surface area contributed by atoms with Crippen LogP contribution in [0, 0.1) is 11.3 Å². The van der Waals surface area contributed by atoms with Crippen molar-refractivity contribution >= 4 is 40.8 Å². The van der Waals surface area contributed by atoms with Crippen molar-refractivity contribution in [3.63, 3.8) is 0 Å². The quantitative estimate of drug-likeness (QED) is 0.778. The van der Waals surface area contributed by atoms with Gasteiger partial charge in [-0.15, -0.1) is 10.2 Å². The van der Waals surface area contributed by atoms with Crippen molar-refractivity contribution in [2.45, 2.75) is 34.2 Å². The Balaban J connectivity index is 2.35. The molecule has 0 unspecified atom stereocenters. The summed E-state index contributed by atoms with van der Waals surface area (Å²) in [5.74, 6) is 0.365. The van der Waals surface area contributed by atoms with E-state index in [9.17, 15) is 4.79 Å². The van der Waals surface area contributed by atoms with Gasteiger partial charge >= 0.3 is 0 Å². The van der Waals surface area contributed by atoms with E-state index in [1.54, 1.807) is 0 Å². The minimum atomic E-state index is -0.136. The lowest BCUT2D eigenvalue weighted by molar-refractivity contribution is -0.118. The highest BCUT2D eigenvalue weighted by atomic mass is 32.2. The lowest BCUT2D eigenvalue weighted by atomic mass is 10.5. The van der Waals surface area contributed by atoms with Gasteiger partial charge in [-0.25, -0.2) is 0 Å². The Hall–Kier alpha value is -0.780. The number of nitrogens with one attached hydrogen (secondary N) is 1. The van der Waals surface area contributed by atoms with Crippen LogP contribution in [0.2, 0.25) is 0 Å². The van der Waals surface area contributed by atoms with Crippen LogP contribution in [-0.4, -0.2) is 33.7 Å². The van der Waals surface area contributed by atoms with E-state index in [0.29, 0.717) is 12.3 Å². The van der Waals surface area contributed by atoms with E-state index in [2.05, 4.69) is 21.6 Å². The number of carbonyl (C=O) groups is 1. The lowest BCUT2D eigenvalue weighted by Gasteiger charge is -2.00. The van der Waals surface area contributed by atoms with Gasteiger partial charge in [0.05, 0.1) is 17.1 Å². The fraction of sp³-hybridized carbons (Fsp3) is 0.600. The third kappa shape index (κ3) is 5.71. The van der Waals surface area contributed by atoms with Crippen LogP contribution in [0.3, 0.4) is 0 Å². The maximum absolute atomic E-state index is 11.4. The number of carbonyl (C=O) groups excluding carboxylic acids is 1. The van der Waals surface area contributed by atoms with Crippen molar-refractivity contribution in [1.82, 2.24) is 15.5 Å². The van der Waals surface area contributed by atoms with Crippen LogP contribution < -0.4 is 5.32 Å². The summed E-state index contributed by atoms with van der Waals surface area (Å²) < 4.78 is 1.52. The number of aromatic nitrogens is 2. The first-order chi connectivity index (χ1) is 8.65. The molecule has 0 aliphatic rings. The van der Waals surface area contributed by atoms with E-state index in [-0.39, 0.29) is 11.2 Å². The highest BCUT2D eigenvalue weighted by molar-refractivity contribution is 8.03. The van der Waals surface area contributed by atoms with Gasteiger partial charge in [-0.05, 0) is 13.3 Å². The zero-order valence-electron chi connectivity index (χ0n) is 10.2. The number of nitrogens with zero attached hydrogens (tertiary/aromatic N) is 3. The van der Waals surface area contributed by atoms with Crippen LogP contribution in [-0.2, 0) is 4.79 Å². The molecule has 1 N–H and O–H groups in total. The molecule has 98 valence electrons. The number of rotatable bonds is 7. The zero-order chi connectivity index (χ0) is 13.4. The molecule has 0 spiro atoms. The number of hydrogen-bond donors (Lipinski definition) is 1. The summed E-state index contributed by atoms with van der Waals surface area (Å²) in [6.45, 7) is 4.53. The maximum atomic E-state index is 11.4. The fourth-order valence-corrected chi connectivity index (χ4v) is 3.80. The predicted octanol–water partition coefficient (Wildman–Crippen LogP) is 2.16. The largest absolute Gasteiger partial charge is 0.355 e. The second-order valence-electron chi connectivity index (χ2n) is 3.36. The second kappa shape index (κ2) is 8.34. The minimum Gasteiger partial charge on any atom is -0.355 e. The molecule has 1 aromatic heterocycles. The van der Waals surface area contributed by atoms with Gasteiger partial charge in [0.1, 0.15) is 0 Å². The molecule has 0 radical (unpaired) electrons. The predicted molar refractivity (Wildman–Crippen MR) is 74.9 cm³/mol. The van der Waals surface area contributed by atoms with Crippen LogP contribution >= 0.6 is 34.9 Å². The Morgan fingerprint density at radius 2 is 2.28 bits per heavy atom. The van der Waals surface area contributed by atoms with Gasteiger partial charge in [0.15, 0.2) is 8.68 Å². The fourth-order valence-electron chi connectivity index (χ4n) is 0.923. The molecule has 1 rings (SSSR count). The maximum Gasteiger partial charge on any atom is 0.230 e. The Labute approximate surface area is 119 Å². The average Bonchev–Trinajstić information content (AvgIpc) is 2.81. The molecule has 0 fully saturated rings. The van der Waals surface area contributed by atoms with E-state index < -0.39 is 0 Å². The highest BCUT2D eigenvalue weighted by Crippen LogP contribution is 2.30. The number of amides is 1. The van der Waals surface area contributed by atoms with Crippen molar-refractivity contribution in [2.75, 3.05) is 12.3 Å². The molecule has 0 bridgehead atoms. The van der Waals surface area contributed by atoms with Crippen LogP contribution in [0.1, 0.15) is 20.3 Å². The van der Waals surface area contributed by atoms with Gasteiger partial charge < -0.3 is 5.32 Å². The van der Waals surface area contributed by atoms with Crippen molar-refractivity contribution < 1.29 is 4.79 Å². The zero-order valence-corrected chi connectivity index (χ0v) is 12.6. The van der Waals surface area contributed by atoms with E-state index in [4.69, 9.17) is 5.26 Å². The van der Waals surface area contributed by atoms with Crippen LogP contribution in [0.4, 0.5) is 0 Å². The molecule has 18 heavy (non-hydrogen) atoms. The molecule has 0 aliphatic carbocycles. The van der Waals surface area contributed by atoms with E-state index in [1.807, 2.05) is 13.8 Å².